The molecule has 0 aliphatic carbocycles. The smallest absolute Gasteiger partial charge is 0.229 e. The fourth-order valence-electron chi connectivity index (χ4n) is 3.22. The van der Waals surface area contributed by atoms with E-state index < -0.39 is 5.92 Å². The van der Waals surface area contributed by atoms with E-state index >= 15 is 0 Å². The molecular weight excluding hydrogens is 400 g/mol. The van der Waals surface area contributed by atoms with Crippen LogP contribution >= 0.6 is 15.9 Å². The number of benzene rings is 1. The van der Waals surface area contributed by atoms with Crippen molar-refractivity contribution in [1.82, 2.24) is 15.5 Å². The van der Waals surface area contributed by atoms with Gasteiger partial charge in [0.05, 0.1) is 24.1 Å². The summed E-state index contributed by atoms with van der Waals surface area (Å²) in [6, 6.07) is 5.39. The zero-order chi connectivity index (χ0) is 18.8. The van der Waals surface area contributed by atoms with Gasteiger partial charge in [0.25, 0.3) is 0 Å². The van der Waals surface area contributed by atoms with Crippen LogP contribution in [0.1, 0.15) is 26.7 Å². The number of aromatic nitrogens is 2. The van der Waals surface area contributed by atoms with Crippen molar-refractivity contribution in [2.75, 3.05) is 18.1 Å². The highest BCUT2D eigenvalue weighted by Gasteiger charge is 2.37. The second-order valence-corrected chi connectivity index (χ2v) is 7.74. The molecule has 1 aromatic heterocycles. The third-order valence-corrected chi connectivity index (χ3v) is 5.60. The number of anilines is 1. The molecule has 8 heteroatoms. The minimum Gasteiger partial charge on any atom is -0.394 e. The standard InChI is InChI=1S/C18H23BrN4O3/c1-3-10(2)15(9-24)20-18(26)11-6-16(25)23(8-11)17-13-5-4-12(19)7-14(13)21-22-17/h4-5,7,10-11,15,24H,3,6,8-9H2,1-2H3,(H,20,26)(H,21,22)/t10-,11+,15-/m1/s1. The van der Waals surface area contributed by atoms with Crippen LogP contribution in [0, 0.1) is 11.8 Å². The van der Waals surface area contributed by atoms with Gasteiger partial charge in [-0.3, -0.25) is 19.6 Å². The van der Waals surface area contributed by atoms with Gasteiger partial charge >= 0.3 is 0 Å². The molecule has 1 fully saturated rings. The number of amides is 2. The number of aliphatic hydroxyl groups excluding tert-OH is 1. The van der Waals surface area contributed by atoms with Crippen LogP contribution in [-0.2, 0) is 9.59 Å². The molecule has 3 N–H and O–H groups in total. The first kappa shape index (κ1) is 18.8. The van der Waals surface area contributed by atoms with Gasteiger partial charge in [0, 0.05) is 22.8 Å². The quantitative estimate of drug-likeness (QED) is 0.664. The van der Waals surface area contributed by atoms with Crippen molar-refractivity contribution in [1.29, 1.82) is 0 Å². The summed E-state index contributed by atoms with van der Waals surface area (Å²) in [5.74, 6) is -0.0320. The second-order valence-electron chi connectivity index (χ2n) is 6.83. The maximum Gasteiger partial charge on any atom is 0.229 e. The van der Waals surface area contributed by atoms with Gasteiger partial charge in [0.2, 0.25) is 11.8 Å². The Hall–Kier alpha value is -1.93. The monoisotopic (exact) mass is 422 g/mol. The number of aliphatic hydroxyl groups is 1. The fraction of sp³-hybridized carbons (Fsp3) is 0.500. The van der Waals surface area contributed by atoms with Crippen LogP contribution in [0.5, 0.6) is 0 Å². The van der Waals surface area contributed by atoms with Gasteiger partial charge in [0.1, 0.15) is 0 Å². The Labute approximate surface area is 160 Å². The third kappa shape index (κ3) is 3.61. The van der Waals surface area contributed by atoms with E-state index in [1.54, 1.807) is 4.90 Å². The lowest BCUT2D eigenvalue weighted by Gasteiger charge is -2.23. The number of nitrogens with zero attached hydrogens (tertiary/aromatic N) is 2. The summed E-state index contributed by atoms with van der Waals surface area (Å²) in [6.45, 7) is 4.19. The maximum atomic E-state index is 12.6. The van der Waals surface area contributed by atoms with Crippen molar-refractivity contribution in [3.05, 3.63) is 22.7 Å². The van der Waals surface area contributed by atoms with Crippen LogP contribution in [0.3, 0.4) is 0 Å². The van der Waals surface area contributed by atoms with E-state index in [0.717, 1.165) is 21.8 Å². The van der Waals surface area contributed by atoms with E-state index in [0.29, 0.717) is 12.4 Å². The number of carbonyl (C=O) groups excluding carboxylic acids is 2. The lowest BCUT2D eigenvalue weighted by molar-refractivity contribution is -0.127. The first-order valence-electron chi connectivity index (χ1n) is 8.79. The topological polar surface area (TPSA) is 98.3 Å². The van der Waals surface area contributed by atoms with E-state index in [4.69, 9.17) is 0 Å². The Balaban J connectivity index is 1.74. The molecule has 2 aromatic rings. The van der Waals surface area contributed by atoms with Crippen molar-refractivity contribution in [3.8, 4) is 0 Å². The minimum absolute atomic E-state index is 0.107. The molecule has 1 saturated heterocycles. The number of hydrogen-bond acceptors (Lipinski definition) is 4. The number of carbonyl (C=O) groups is 2. The summed E-state index contributed by atoms with van der Waals surface area (Å²) in [6.07, 6.45) is 1.01. The predicted octanol–water partition coefficient (Wildman–Crippen LogP) is 2.20. The highest BCUT2D eigenvalue weighted by Crippen LogP contribution is 2.31. The number of fused-ring (bicyclic) bond motifs is 1. The predicted molar refractivity (Wildman–Crippen MR) is 103 cm³/mol. The number of nitrogens with one attached hydrogen (secondary N) is 2. The SMILES string of the molecule is CC[C@@H](C)[C@@H](CO)NC(=O)[C@H]1CC(=O)N(c2n[nH]c3cc(Br)ccc23)C1. The largest absolute Gasteiger partial charge is 0.394 e. The van der Waals surface area contributed by atoms with Gasteiger partial charge in [0.15, 0.2) is 5.82 Å². The highest BCUT2D eigenvalue weighted by atomic mass is 79.9. The van der Waals surface area contributed by atoms with Crippen molar-refractivity contribution < 1.29 is 14.7 Å². The van der Waals surface area contributed by atoms with E-state index in [2.05, 4.69) is 31.4 Å². The van der Waals surface area contributed by atoms with Crippen molar-refractivity contribution in [3.63, 3.8) is 0 Å². The minimum atomic E-state index is -0.442. The maximum absolute atomic E-state index is 12.6. The molecule has 0 bridgehead atoms. The summed E-state index contributed by atoms with van der Waals surface area (Å²) in [7, 11) is 0. The van der Waals surface area contributed by atoms with E-state index in [9.17, 15) is 14.7 Å². The average Bonchev–Trinajstić information content (AvgIpc) is 3.21. The lowest BCUT2D eigenvalue weighted by atomic mass is 9.98. The first-order chi connectivity index (χ1) is 12.4. The first-order valence-corrected chi connectivity index (χ1v) is 9.59. The summed E-state index contributed by atoms with van der Waals surface area (Å²) in [5, 5.41) is 20.4. The van der Waals surface area contributed by atoms with E-state index in [1.165, 1.54) is 0 Å². The summed E-state index contributed by atoms with van der Waals surface area (Å²) >= 11 is 3.41. The van der Waals surface area contributed by atoms with Crippen LogP contribution < -0.4 is 10.2 Å². The third-order valence-electron chi connectivity index (χ3n) is 5.11. The second kappa shape index (κ2) is 7.75. The van der Waals surface area contributed by atoms with E-state index in [1.807, 2.05) is 32.0 Å². The molecule has 0 saturated carbocycles. The summed E-state index contributed by atoms with van der Waals surface area (Å²) < 4.78 is 0.922. The molecule has 0 spiro atoms. The molecule has 2 heterocycles. The molecule has 0 unspecified atom stereocenters. The van der Waals surface area contributed by atoms with Crippen LogP contribution in [0.25, 0.3) is 10.9 Å². The van der Waals surface area contributed by atoms with Crippen LogP contribution in [0.4, 0.5) is 5.82 Å². The Morgan fingerprint density at radius 2 is 2.31 bits per heavy atom. The molecule has 140 valence electrons. The summed E-state index contributed by atoms with van der Waals surface area (Å²) in [4.78, 5) is 26.6. The number of aromatic amines is 1. The molecule has 3 atom stereocenters. The molecule has 0 radical (unpaired) electrons. The van der Waals surface area contributed by atoms with Gasteiger partial charge < -0.3 is 10.4 Å². The van der Waals surface area contributed by atoms with Crippen molar-refractivity contribution in [2.24, 2.45) is 11.8 Å². The van der Waals surface area contributed by atoms with Crippen LogP contribution in [0.15, 0.2) is 22.7 Å². The molecule has 26 heavy (non-hydrogen) atoms. The number of hydrogen-bond donors (Lipinski definition) is 3. The molecule has 1 aliphatic heterocycles. The fourth-order valence-corrected chi connectivity index (χ4v) is 3.59. The number of H-pyrrole nitrogens is 1. The van der Waals surface area contributed by atoms with Crippen molar-refractivity contribution >= 4 is 44.5 Å². The number of halogens is 1. The normalized spacial score (nSPS) is 19.8. The average molecular weight is 423 g/mol. The molecule has 1 aliphatic rings. The van der Waals surface area contributed by atoms with Gasteiger partial charge in [-0.1, -0.05) is 36.2 Å². The molecule has 7 nitrogen and oxygen atoms in total. The van der Waals surface area contributed by atoms with Gasteiger partial charge in [-0.15, -0.1) is 0 Å². The molecule has 1 aromatic carbocycles. The van der Waals surface area contributed by atoms with Gasteiger partial charge in [-0.05, 0) is 24.1 Å². The van der Waals surface area contributed by atoms with Gasteiger partial charge in [-0.2, -0.15) is 5.10 Å². The van der Waals surface area contributed by atoms with Crippen LogP contribution in [-0.4, -0.2) is 46.3 Å². The highest BCUT2D eigenvalue weighted by molar-refractivity contribution is 9.10. The van der Waals surface area contributed by atoms with Crippen LogP contribution in [0.2, 0.25) is 0 Å². The Morgan fingerprint density at radius 3 is 3.00 bits per heavy atom. The Kier molecular flexibility index (Phi) is 5.62. The van der Waals surface area contributed by atoms with Gasteiger partial charge in [-0.25, -0.2) is 0 Å². The Bertz CT molecular complexity index is 822. The molecular formula is C18H23BrN4O3. The lowest BCUT2D eigenvalue weighted by Crippen LogP contribution is -2.45. The molecule has 2 amide bonds. The summed E-state index contributed by atoms with van der Waals surface area (Å²) in [5.41, 5.74) is 0.826. The van der Waals surface area contributed by atoms with E-state index in [-0.39, 0.29) is 36.8 Å². The molecule has 3 rings (SSSR count). The number of rotatable bonds is 6. The Morgan fingerprint density at radius 1 is 1.54 bits per heavy atom. The zero-order valence-corrected chi connectivity index (χ0v) is 16.4. The van der Waals surface area contributed by atoms with Crippen molar-refractivity contribution in [2.45, 2.75) is 32.7 Å². The zero-order valence-electron chi connectivity index (χ0n) is 14.8.